The predicted octanol–water partition coefficient (Wildman–Crippen LogP) is 1.08. The largest absolute Gasteiger partial charge is 0.389 e. The summed E-state index contributed by atoms with van der Waals surface area (Å²) in [5, 5.41) is 9.91. The second-order valence-corrected chi connectivity index (χ2v) is 4.21. The number of aliphatic hydroxyl groups is 1. The number of nitrogens with zero attached hydrogens (tertiary/aromatic N) is 1. The molecule has 0 amide bonds. The van der Waals surface area contributed by atoms with E-state index in [2.05, 4.69) is 4.99 Å². The lowest BCUT2D eigenvalue weighted by Crippen LogP contribution is -2.43. The van der Waals surface area contributed by atoms with Crippen LogP contribution in [0.4, 0.5) is 0 Å². The van der Waals surface area contributed by atoms with Crippen LogP contribution in [0, 0.1) is 0 Å². The first-order valence-corrected chi connectivity index (χ1v) is 5.30. The number of methoxy groups -OCH3 is 1. The topological polar surface area (TPSA) is 51.0 Å². The first kappa shape index (κ1) is 11.1. The molecule has 0 radical (unpaired) electrons. The Morgan fingerprint density at radius 3 is 3.07 bits per heavy atom. The fourth-order valence-electron chi connectivity index (χ4n) is 1.97. The van der Waals surface area contributed by atoms with Crippen molar-refractivity contribution in [1.82, 2.24) is 0 Å². The number of rotatable bonds is 2. The van der Waals surface area contributed by atoms with Crippen LogP contribution in [0.3, 0.4) is 0 Å². The zero-order chi connectivity index (χ0) is 10.9. The van der Waals surface area contributed by atoms with Crippen molar-refractivity contribution in [1.29, 1.82) is 0 Å². The lowest BCUT2D eigenvalue weighted by molar-refractivity contribution is 0.0340. The van der Waals surface area contributed by atoms with Gasteiger partial charge in [-0.1, -0.05) is 11.6 Å². The summed E-state index contributed by atoms with van der Waals surface area (Å²) < 4.78 is 10.8. The lowest BCUT2D eigenvalue weighted by atomic mass is 9.91. The molecule has 1 fully saturated rings. The molecule has 2 aliphatic rings. The minimum Gasteiger partial charge on any atom is -0.389 e. The monoisotopic (exact) mass is 231 g/mol. The summed E-state index contributed by atoms with van der Waals surface area (Å²) in [5.74, 6) is 0. The van der Waals surface area contributed by atoms with E-state index in [1.165, 1.54) is 6.08 Å². The van der Waals surface area contributed by atoms with Crippen molar-refractivity contribution in [3.63, 3.8) is 0 Å². The van der Waals surface area contributed by atoms with Gasteiger partial charge in [0.05, 0.1) is 18.4 Å². The fraction of sp³-hybridized carbons (Fsp3) is 0.700. The highest BCUT2D eigenvalue weighted by Gasteiger charge is 2.41. The number of hydrogen-bond acceptors (Lipinski definition) is 4. The number of aliphatic hydroxyl groups excluding tert-OH is 1. The van der Waals surface area contributed by atoms with Gasteiger partial charge in [-0.25, -0.2) is 4.99 Å². The maximum absolute atomic E-state index is 9.58. The number of halogens is 1. The molecule has 5 heteroatoms. The molecule has 0 aromatic rings. The van der Waals surface area contributed by atoms with Crippen molar-refractivity contribution in [2.75, 3.05) is 20.3 Å². The molecule has 2 rings (SSSR count). The Hall–Kier alpha value is -0.420. The van der Waals surface area contributed by atoms with Gasteiger partial charge < -0.3 is 14.6 Å². The molecule has 0 spiro atoms. The molecule has 0 bridgehead atoms. The lowest BCUT2D eigenvalue weighted by Gasteiger charge is -2.30. The van der Waals surface area contributed by atoms with Crippen LogP contribution < -0.4 is 0 Å². The van der Waals surface area contributed by atoms with Crippen molar-refractivity contribution in [3.8, 4) is 0 Å². The summed E-state index contributed by atoms with van der Waals surface area (Å²) in [6, 6.07) is 0. The average Bonchev–Trinajstić information content (AvgIpc) is 2.65. The molecular formula is C10H14ClNO3. The molecule has 0 aliphatic carbocycles. The first-order chi connectivity index (χ1) is 7.16. The smallest absolute Gasteiger partial charge is 0.131 e. The second kappa shape index (κ2) is 4.22. The third-order valence-electron chi connectivity index (χ3n) is 2.88. The molecule has 2 heterocycles. The van der Waals surface area contributed by atoms with E-state index in [1.54, 1.807) is 7.11 Å². The van der Waals surface area contributed by atoms with Crippen LogP contribution >= 0.6 is 11.6 Å². The van der Waals surface area contributed by atoms with Crippen molar-refractivity contribution in [2.24, 2.45) is 4.99 Å². The molecule has 4 nitrogen and oxygen atoms in total. The van der Waals surface area contributed by atoms with Gasteiger partial charge in [0.25, 0.3) is 0 Å². The van der Waals surface area contributed by atoms with Gasteiger partial charge in [0.15, 0.2) is 0 Å². The van der Waals surface area contributed by atoms with E-state index in [0.29, 0.717) is 24.8 Å². The summed E-state index contributed by atoms with van der Waals surface area (Å²) in [5.41, 5.74) is 0.289. The van der Waals surface area contributed by atoms with Gasteiger partial charge in [-0.2, -0.15) is 0 Å². The quantitative estimate of drug-likeness (QED) is 0.724. The normalized spacial score (nSPS) is 36.3. The molecule has 2 aliphatic heterocycles. The second-order valence-electron chi connectivity index (χ2n) is 3.82. The first-order valence-electron chi connectivity index (χ1n) is 4.93. The van der Waals surface area contributed by atoms with E-state index in [-0.39, 0.29) is 0 Å². The van der Waals surface area contributed by atoms with E-state index in [9.17, 15) is 5.11 Å². The average molecular weight is 232 g/mol. The van der Waals surface area contributed by atoms with Gasteiger partial charge in [-0.3, -0.25) is 0 Å². The van der Waals surface area contributed by atoms with Crippen LogP contribution in [0.5, 0.6) is 0 Å². The minimum atomic E-state index is -0.572. The Labute approximate surface area is 93.5 Å². The molecule has 0 saturated carbocycles. The number of ether oxygens (including phenoxy) is 2. The maximum Gasteiger partial charge on any atom is 0.131 e. The summed E-state index contributed by atoms with van der Waals surface area (Å²) >= 11 is 5.82. The van der Waals surface area contributed by atoms with E-state index in [1.807, 2.05) is 0 Å². The van der Waals surface area contributed by atoms with Crippen molar-refractivity contribution in [3.05, 3.63) is 11.2 Å². The summed E-state index contributed by atoms with van der Waals surface area (Å²) in [4.78, 5) is 4.24. The minimum absolute atomic E-state index is 0.326. The van der Waals surface area contributed by atoms with Crippen LogP contribution in [0.25, 0.3) is 0 Å². The Kier molecular flexibility index (Phi) is 3.11. The van der Waals surface area contributed by atoms with Gasteiger partial charge in [0.2, 0.25) is 0 Å². The molecule has 1 N–H and O–H groups in total. The van der Waals surface area contributed by atoms with Crippen LogP contribution in [-0.4, -0.2) is 42.8 Å². The van der Waals surface area contributed by atoms with Crippen LogP contribution in [-0.2, 0) is 9.47 Å². The standard InChI is InChI=1S/C10H14ClNO3/c1-14-10(2-3-15-6-10)8-4-7(13)5-9(11)12-8/h5,7,13H,2-4,6H2,1H3/t7-,10-/m0/s1. The van der Waals surface area contributed by atoms with E-state index in [4.69, 9.17) is 21.1 Å². The van der Waals surface area contributed by atoms with Crippen molar-refractivity contribution >= 4 is 17.3 Å². The van der Waals surface area contributed by atoms with E-state index >= 15 is 0 Å². The van der Waals surface area contributed by atoms with Crippen LogP contribution in [0.15, 0.2) is 16.2 Å². The van der Waals surface area contributed by atoms with Gasteiger partial charge in [-0.05, 0) is 6.08 Å². The number of hydrogen-bond donors (Lipinski definition) is 1. The highest BCUT2D eigenvalue weighted by atomic mass is 35.5. The Bertz CT molecular complexity index is 308. The van der Waals surface area contributed by atoms with Gasteiger partial charge in [0, 0.05) is 26.6 Å². The highest BCUT2D eigenvalue weighted by molar-refractivity contribution is 6.30. The van der Waals surface area contributed by atoms with Gasteiger partial charge >= 0.3 is 0 Å². The van der Waals surface area contributed by atoms with Crippen LogP contribution in [0.1, 0.15) is 12.8 Å². The van der Waals surface area contributed by atoms with Gasteiger partial charge in [0.1, 0.15) is 10.8 Å². The highest BCUT2D eigenvalue weighted by Crippen LogP contribution is 2.30. The summed E-state index contributed by atoms with van der Waals surface area (Å²) in [6.45, 7) is 1.14. The Balaban J connectivity index is 2.25. The summed E-state index contributed by atoms with van der Waals surface area (Å²) in [7, 11) is 1.63. The summed E-state index contributed by atoms with van der Waals surface area (Å²) in [6.07, 6.45) is 2.19. The zero-order valence-corrected chi connectivity index (χ0v) is 9.33. The van der Waals surface area contributed by atoms with Crippen LogP contribution in [0.2, 0.25) is 0 Å². The zero-order valence-electron chi connectivity index (χ0n) is 8.57. The molecule has 1 saturated heterocycles. The van der Waals surface area contributed by atoms with E-state index < -0.39 is 11.7 Å². The van der Waals surface area contributed by atoms with Gasteiger partial charge in [-0.15, -0.1) is 0 Å². The predicted molar refractivity (Wildman–Crippen MR) is 57.2 cm³/mol. The third kappa shape index (κ3) is 2.08. The molecule has 84 valence electrons. The molecule has 0 aromatic carbocycles. The fourth-order valence-corrected chi connectivity index (χ4v) is 2.22. The maximum atomic E-state index is 9.58. The number of aliphatic imine (C=N–C) groups is 1. The van der Waals surface area contributed by atoms with Crippen molar-refractivity contribution < 1.29 is 14.6 Å². The molecule has 2 atom stereocenters. The van der Waals surface area contributed by atoms with Crippen molar-refractivity contribution in [2.45, 2.75) is 24.5 Å². The molecular weight excluding hydrogens is 218 g/mol. The molecule has 0 aromatic heterocycles. The van der Waals surface area contributed by atoms with E-state index in [0.717, 1.165) is 12.1 Å². The molecule has 15 heavy (non-hydrogen) atoms. The molecule has 0 unspecified atom stereocenters. The third-order valence-corrected chi connectivity index (χ3v) is 3.09. The Morgan fingerprint density at radius 1 is 1.73 bits per heavy atom. The Morgan fingerprint density at radius 2 is 2.53 bits per heavy atom. The SMILES string of the molecule is CO[C@@]1(C2=NC(Cl)=C[C@@H](O)C2)CCOC1.